The number of aliphatic carboxylic acids is 1. The van der Waals surface area contributed by atoms with Crippen LogP contribution in [0.25, 0.3) is 0 Å². The van der Waals surface area contributed by atoms with Gasteiger partial charge in [-0.25, -0.2) is 8.42 Å². The number of carboxylic acid groups (broad SMARTS) is 1. The summed E-state index contributed by atoms with van der Waals surface area (Å²) in [4.78, 5) is 10.7. The molecule has 0 saturated carbocycles. The highest BCUT2D eigenvalue weighted by molar-refractivity contribution is 7.89. The van der Waals surface area contributed by atoms with E-state index in [4.69, 9.17) is 5.11 Å². The van der Waals surface area contributed by atoms with Gasteiger partial charge in [0.05, 0.1) is 0 Å². The molecule has 0 spiro atoms. The topological polar surface area (TPSA) is 86.7 Å². The van der Waals surface area contributed by atoms with Gasteiger partial charge in [0.2, 0.25) is 10.0 Å². The van der Waals surface area contributed by atoms with Crippen molar-refractivity contribution in [2.24, 2.45) is 0 Å². The van der Waals surface area contributed by atoms with Crippen molar-refractivity contribution in [2.45, 2.75) is 44.2 Å². The SMILES string of the molecule is O=C(O)CS(=O)(=O)N1CCCCC1C1CCCN1. The smallest absolute Gasteiger partial charge is 0.320 e. The number of rotatable bonds is 4. The molecule has 0 aromatic rings. The summed E-state index contributed by atoms with van der Waals surface area (Å²) in [5.41, 5.74) is 0. The summed E-state index contributed by atoms with van der Waals surface area (Å²) >= 11 is 0. The fourth-order valence-corrected chi connectivity index (χ4v) is 4.51. The molecule has 0 radical (unpaired) electrons. The maximum atomic E-state index is 12.1. The van der Waals surface area contributed by atoms with Crippen molar-refractivity contribution in [3.63, 3.8) is 0 Å². The molecule has 104 valence electrons. The van der Waals surface area contributed by atoms with Gasteiger partial charge in [-0.15, -0.1) is 0 Å². The molecular weight excluding hydrogens is 256 g/mol. The first kappa shape index (κ1) is 13.8. The molecule has 2 heterocycles. The van der Waals surface area contributed by atoms with Crippen LogP contribution in [0.15, 0.2) is 0 Å². The molecule has 2 saturated heterocycles. The predicted octanol–water partition coefficient (Wildman–Crippen LogP) is 0.00730. The van der Waals surface area contributed by atoms with Crippen LogP contribution in [0.1, 0.15) is 32.1 Å². The summed E-state index contributed by atoms with van der Waals surface area (Å²) < 4.78 is 25.6. The molecule has 0 amide bonds. The van der Waals surface area contributed by atoms with Crippen LogP contribution in [-0.4, -0.2) is 54.7 Å². The highest BCUT2D eigenvalue weighted by atomic mass is 32.2. The fraction of sp³-hybridized carbons (Fsp3) is 0.909. The Hall–Kier alpha value is -0.660. The number of hydrogen-bond acceptors (Lipinski definition) is 4. The number of carboxylic acids is 1. The Balaban J connectivity index is 2.14. The summed E-state index contributed by atoms with van der Waals surface area (Å²) in [5, 5.41) is 12.0. The number of nitrogens with one attached hydrogen (secondary N) is 1. The third-order valence-corrected chi connectivity index (χ3v) is 5.50. The summed E-state index contributed by atoms with van der Waals surface area (Å²) in [6.45, 7) is 1.38. The molecule has 2 N–H and O–H groups in total. The van der Waals surface area contributed by atoms with Crippen LogP contribution in [0, 0.1) is 0 Å². The molecule has 0 aromatic heterocycles. The predicted molar refractivity (Wildman–Crippen MR) is 66.8 cm³/mol. The van der Waals surface area contributed by atoms with Crippen LogP contribution in [0.4, 0.5) is 0 Å². The number of piperidine rings is 1. The monoisotopic (exact) mass is 276 g/mol. The van der Waals surface area contributed by atoms with Gasteiger partial charge in [-0.05, 0) is 32.2 Å². The lowest BCUT2D eigenvalue weighted by atomic mass is 9.97. The first-order valence-electron chi connectivity index (χ1n) is 6.45. The van der Waals surface area contributed by atoms with E-state index in [-0.39, 0.29) is 12.1 Å². The Labute approximate surface area is 107 Å². The number of nitrogens with zero attached hydrogens (tertiary/aromatic N) is 1. The summed E-state index contributed by atoms with van der Waals surface area (Å²) in [5.74, 6) is -2.07. The normalized spacial score (nSPS) is 30.4. The molecule has 18 heavy (non-hydrogen) atoms. The zero-order chi connectivity index (χ0) is 13.2. The molecule has 6 nitrogen and oxygen atoms in total. The Morgan fingerprint density at radius 2 is 2.06 bits per heavy atom. The first-order chi connectivity index (χ1) is 8.50. The average molecular weight is 276 g/mol. The zero-order valence-electron chi connectivity index (χ0n) is 10.3. The molecule has 2 rings (SSSR count). The van der Waals surface area contributed by atoms with Crippen molar-refractivity contribution in [1.29, 1.82) is 0 Å². The molecule has 2 unspecified atom stereocenters. The van der Waals surface area contributed by atoms with Crippen LogP contribution >= 0.6 is 0 Å². The number of sulfonamides is 1. The van der Waals surface area contributed by atoms with Gasteiger partial charge < -0.3 is 10.4 Å². The van der Waals surface area contributed by atoms with E-state index in [0.717, 1.165) is 38.6 Å². The summed E-state index contributed by atoms with van der Waals surface area (Å²) in [6.07, 6.45) is 4.71. The molecule has 7 heteroatoms. The molecule has 2 aliphatic rings. The molecule has 0 bridgehead atoms. The van der Waals surface area contributed by atoms with E-state index < -0.39 is 21.7 Å². The van der Waals surface area contributed by atoms with Gasteiger partial charge in [-0.2, -0.15) is 4.31 Å². The molecule has 0 aromatic carbocycles. The van der Waals surface area contributed by atoms with Crippen LogP contribution < -0.4 is 5.32 Å². The Morgan fingerprint density at radius 3 is 2.67 bits per heavy atom. The van der Waals surface area contributed by atoms with Crippen molar-refractivity contribution in [3.05, 3.63) is 0 Å². The van der Waals surface area contributed by atoms with Gasteiger partial charge >= 0.3 is 5.97 Å². The Bertz CT molecular complexity index is 403. The van der Waals surface area contributed by atoms with E-state index in [0.29, 0.717) is 6.54 Å². The van der Waals surface area contributed by atoms with Gasteiger partial charge in [0, 0.05) is 18.6 Å². The van der Waals surface area contributed by atoms with E-state index >= 15 is 0 Å². The highest BCUT2D eigenvalue weighted by Gasteiger charge is 2.38. The van der Waals surface area contributed by atoms with Gasteiger partial charge in [0.1, 0.15) is 0 Å². The van der Waals surface area contributed by atoms with E-state index in [1.807, 2.05) is 0 Å². The van der Waals surface area contributed by atoms with Crippen molar-refractivity contribution in [2.75, 3.05) is 18.8 Å². The molecule has 0 aliphatic carbocycles. The van der Waals surface area contributed by atoms with Crippen molar-refractivity contribution < 1.29 is 18.3 Å². The summed E-state index contributed by atoms with van der Waals surface area (Å²) in [7, 11) is -3.68. The lowest BCUT2D eigenvalue weighted by Gasteiger charge is -2.37. The second-order valence-corrected chi connectivity index (χ2v) is 6.95. The summed E-state index contributed by atoms with van der Waals surface area (Å²) in [6, 6.07) is 0.125. The molecule has 2 aliphatic heterocycles. The van der Waals surface area contributed by atoms with Crippen LogP contribution in [0.3, 0.4) is 0 Å². The second-order valence-electron chi connectivity index (χ2n) is 5.03. The minimum Gasteiger partial charge on any atom is -0.480 e. The minimum absolute atomic E-state index is 0.0643. The Kier molecular flexibility index (Phi) is 4.24. The third-order valence-electron chi connectivity index (χ3n) is 3.72. The molecular formula is C11H20N2O4S. The van der Waals surface area contributed by atoms with Gasteiger partial charge in [0.25, 0.3) is 0 Å². The van der Waals surface area contributed by atoms with Crippen LogP contribution in [0.2, 0.25) is 0 Å². The quantitative estimate of drug-likeness (QED) is 0.755. The highest BCUT2D eigenvalue weighted by Crippen LogP contribution is 2.26. The lowest BCUT2D eigenvalue weighted by Crippen LogP contribution is -2.53. The fourth-order valence-electron chi connectivity index (χ4n) is 2.96. The molecule has 2 fully saturated rings. The number of hydrogen-bond donors (Lipinski definition) is 2. The average Bonchev–Trinajstić information content (AvgIpc) is 2.80. The first-order valence-corrected chi connectivity index (χ1v) is 8.06. The van der Waals surface area contributed by atoms with E-state index in [1.165, 1.54) is 4.31 Å². The third kappa shape index (κ3) is 3.02. The van der Waals surface area contributed by atoms with Crippen molar-refractivity contribution in [1.82, 2.24) is 9.62 Å². The van der Waals surface area contributed by atoms with Crippen molar-refractivity contribution in [3.8, 4) is 0 Å². The number of carbonyl (C=O) groups is 1. The Morgan fingerprint density at radius 1 is 1.28 bits per heavy atom. The lowest BCUT2D eigenvalue weighted by molar-refractivity contribution is -0.134. The maximum absolute atomic E-state index is 12.1. The molecule has 2 atom stereocenters. The minimum atomic E-state index is -3.68. The van der Waals surface area contributed by atoms with Crippen LogP contribution in [0.5, 0.6) is 0 Å². The van der Waals surface area contributed by atoms with Gasteiger partial charge in [-0.3, -0.25) is 4.79 Å². The van der Waals surface area contributed by atoms with E-state index in [9.17, 15) is 13.2 Å². The largest absolute Gasteiger partial charge is 0.480 e. The van der Waals surface area contributed by atoms with E-state index in [2.05, 4.69) is 5.32 Å². The van der Waals surface area contributed by atoms with E-state index in [1.54, 1.807) is 0 Å². The van der Waals surface area contributed by atoms with Crippen molar-refractivity contribution >= 4 is 16.0 Å². The maximum Gasteiger partial charge on any atom is 0.320 e. The van der Waals surface area contributed by atoms with Gasteiger partial charge in [0.15, 0.2) is 5.75 Å². The zero-order valence-corrected chi connectivity index (χ0v) is 11.2. The van der Waals surface area contributed by atoms with Gasteiger partial charge in [-0.1, -0.05) is 6.42 Å². The van der Waals surface area contributed by atoms with Crippen LogP contribution in [-0.2, 0) is 14.8 Å². The standard InChI is InChI=1S/C11H20N2O4S/c14-11(15)8-18(16,17)13-7-2-1-5-10(13)9-4-3-6-12-9/h9-10,12H,1-8H2,(H,14,15). The second kappa shape index (κ2) is 5.54.